The number of carbonyl (C=O) groups excluding carboxylic acids is 2. The van der Waals surface area contributed by atoms with E-state index in [9.17, 15) is 18.0 Å². The number of carbonyl (C=O) groups is 2. The van der Waals surface area contributed by atoms with Crippen molar-refractivity contribution in [3.05, 3.63) is 59.0 Å². The van der Waals surface area contributed by atoms with Crippen LogP contribution in [0.25, 0.3) is 6.08 Å². The van der Waals surface area contributed by atoms with Crippen LogP contribution in [0.1, 0.15) is 12.0 Å². The first-order chi connectivity index (χ1) is 14.4. The van der Waals surface area contributed by atoms with Crippen molar-refractivity contribution in [2.24, 2.45) is 0 Å². The van der Waals surface area contributed by atoms with Crippen molar-refractivity contribution in [1.82, 2.24) is 10.0 Å². The van der Waals surface area contributed by atoms with Crippen molar-refractivity contribution in [1.29, 1.82) is 0 Å². The Hall–Kier alpha value is -2.82. The fraction of sp³-hybridized carbons (Fsp3) is 0.200. The second-order valence-corrected chi connectivity index (χ2v) is 8.98. The van der Waals surface area contributed by atoms with Gasteiger partial charge in [-0.2, -0.15) is 0 Å². The third kappa shape index (κ3) is 5.85. The predicted molar refractivity (Wildman–Crippen MR) is 114 cm³/mol. The van der Waals surface area contributed by atoms with Crippen LogP contribution in [0.15, 0.2) is 58.3 Å². The summed E-state index contributed by atoms with van der Waals surface area (Å²) < 4.78 is 37.6. The number of hydrogen-bond donors (Lipinski definition) is 2. The summed E-state index contributed by atoms with van der Waals surface area (Å²) in [6.45, 7) is 0.567. The maximum atomic E-state index is 12.2. The lowest BCUT2D eigenvalue weighted by atomic mass is 10.2. The highest BCUT2D eigenvalue weighted by molar-refractivity contribution is 8.18. The van der Waals surface area contributed by atoms with Gasteiger partial charge in [0.15, 0.2) is 0 Å². The van der Waals surface area contributed by atoms with Crippen molar-refractivity contribution in [2.75, 3.05) is 20.3 Å². The summed E-state index contributed by atoms with van der Waals surface area (Å²) in [4.78, 5) is 23.2. The van der Waals surface area contributed by atoms with Gasteiger partial charge in [-0.05, 0) is 66.2 Å². The maximum absolute atomic E-state index is 12.2. The molecule has 1 aliphatic rings. The molecular weight excluding hydrogens is 428 g/mol. The Kier molecular flexibility index (Phi) is 7.14. The Morgan fingerprint density at radius 1 is 1.03 bits per heavy atom. The lowest BCUT2D eigenvalue weighted by molar-refractivity contribution is -0.115. The van der Waals surface area contributed by atoms with Gasteiger partial charge in [-0.3, -0.25) is 14.9 Å². The number of ether oxygens (including phenoxy) is 2. The highest BCUT2D eigenvalue weighted by Gasteiger charge is 2.24. The third-order valence-electron chi connectivity index (χ3n) is 4.07. The molecule has 0 aromatic heterocycles. The molecule has 1 saturated heterocycles. The lowest BCUT2D eigenvalue weighted by Crippen LogP contribution is -2.25. The van der Waals surface area contributed by atoms with Crippen LogP contribution in [0, 0.1) is 0 Å². The van der Waals surface area contributed by atoms with Gasteiger partial charge in [0.25, 0.3) is 11.1 Å². The monoisotopic (exact) mass is 448 g/mol. The first-order valence-corrected chi connectivity index (χ1v) is 11.3. The van der Waals surface area contributed by atoms with Crippen LogP contribution in [0.5, 0.6) is 11.5 Å². The van der Waals surface area contributed by atoms with Gasteiger partial charge in [0, 0.05) is 6.54 Å². The number of thioether (sulfide) groups is 1. The molecule has 0 bridgehead atoms. The maximum Gasteiger partial charge on any atom is 0.290 e. The number of hydrogen-bond acceptors (Lipinski definition) is 7. The molecule has 0 saturated carbocycles. The second kappa shape index (κ2) is 9.79. The van der Waals surface area contributed by atoms with Crippen molar-refractivity contribution < 1.29 is 27.5 Å². The van der Waals surface area contributed by atoms with Gasteiger partial charge in [0.05, 0.1) is 23.5 Å². The van der Waals surface area contributed by atoms with Crippen LogP contribution >= 0.6 is 11.8 Å². The molecule has 2 N–H and O–H groups in total. The number of nitrogens with one attached hydrogen (secondary N) is 2. The molecule has 0 aliphatic carbocycles. The molecule has 2 aromatic carbocycles. The number of methoxy groups -OCH3 is 1. The quantitative estimate of drug-likeness (QED) is 0.448. The molecule has 3 rings (SSSR count). The van der Waals surface area contributed by atoms with E-state index in [-0.39, 0.29) is 16.7 Å². The zero-order chi connectivity index (χ0) is 21.6. The van der Waals surface area contributed by atoms with Gasteiger partial charge in [-0.25, -0.2) is 13.1 Å². The molecule has 0 unspecified atom stereocenters. The van der Waals surface area contributed by atoms with E-state index < -0.39 is 15.9 Å². The molecule has 0 spiro atoms. The first kappa shape index (κ1) is 21.9. The van der Waals surface area contributed by atoms with E-state index in [0.717, 1.165) is 17.3 Å². The molecule has 1 fully saturated rings. The molecule has 1 aliphatic heterocycles. The van der Waals surface area contributed by atoms with E-state index >= 15 is 0 Å². The number of sulfonamides is 1. The summed E-state index contributed by atoms with van der Waals surface area (Å²) in [7, 11) is -2.07. The third-order valence-corrected chi connectivity index (χ3v) is 6.36. The summed E-state index contributed by atoms with van der Waals surface area (Å²) in [5, 5.41) is 1.82. The smallest absolute Gasteiger partial charge is 0.290 e. The van der Waals surface area contributed by atoms with E-state index in [0.29, 0.717) is 29.4 Å². The van der Waals surface area contributed by atoms with Crippen LogP contribution in [-0.4, -0.2) is 39.8 Å². The molecule has 1 heterocycles. The molecule has 0 atom stereocenters. The van der Waals surface area contributed by atoms with Gasteiger partial charge >= 0.3 is 0 Å². The summed E-state index contributed by atoms with van der Waals surface area (Å²) in [5.41, 5.74) is 0.766. The molecule has 30 heavy (non-hydrogen) atoms. The van der Waals surface area contributed by atoms with Crippen LogP contribution in [0.3, 0.4) is 0 Å². The molecule has 158 valence electrons. The summed E-state index contributed by atoms with van der Waals surface area (Å²) >= 11 is 0.862. The van der Waals surface area contributed by atoms with Crippen LogP contribution in [0.2, 0.25) is 0 Å². The van der Waals surface area contributed by atoms with Crippen LogP contribution in [0.4, 0.5) is 4.79 Å². The minimum absolute atomic E-state index is 0.171. The van der Waals surface area contributed by atoms with E-state index in [1.807, 2.05) is 0 Å². The van der Waals surface area contributed by atoms with Gasteiger partial charge in [-0.1, -0.05) is 12.1 Å². The molecule has 0 radical (unpaired) electrons. The van der Waals surface area contributed by atoms with Crippen molar-refractivity contribution in [2.45, 2.75) is 11.3 Å². The second-order valence-electron chi connectivity index (χ2n) is 6.20. The summed E-state index contributed by atoms with van der Waals surface area (Å²) in [5.74, 6) is 0.806. The molecule has 2 amide bonds. The predicted octanol–water partition coefficient (Wildman–Crippen LogP) is 2.77. The average Bonchev–Trinajstić information content (AvgIpc) is 3.05. The average molecular weight is 449 g/mol. The highest BCUT2D eigenvalue weighted by Crippen LogP contribution is 2.26. The topological polar surface area (TPSA) is 111 Å². The molecule has 8 nitrogen and oxygen atoms in total. The molecular formula is C20H20N2O6S2. The van der Waals surface area contributed by atoms with E-state index in [4.69, 9.17) is 9.47 Å². The number of rotatable bonds is 9. The number of benzene rings is 2. The zero-order valence-corrected chi connectivity index (χ0v) is 17.7. The first-order valence-electron chi connectivity index (χ1n) is 8.99. The minimum Gasteiger partial charge on any atom is -0.497 e. The van der Waals surface area contributed by atoms with E-state index in [2.05, 4.69) is 10.0 Å². The summed E-state index contributed by atoms with van der Waals surface area (Å²) in [6.07, 6.45) is 2.11. The Morgan fingerprint density at radius 3 is 2.30 bits per heavy atom. The van der Waals surface area contributed by atoms with E-state index in [1.165, 1.54) is 19.2 Å². The van der Waals surface area contributed by atoms with Crippen molar-refractivity contribution in [3.8, 4) is 11.5 Å². The number of imide groups is 1. The minimum atomic E-state index is -3.58. The van der Waals surface area contributed by atoms with Gasteiger partial charge in [0.2, 0.25) is 10.0 Å². The Balaban J connectivity index is 1.43. The summed E-state index contributed by atoms with van der Waals surface area (Å²) in [6, 6.07) is 13.2. The van der Waals surface area contributed by atoms with E-state index in [1.54, 1.807) is 42.5 Å². The highest BCUT2D eigenvalue weighted by atomic mass is 32.2. The Bertz CT molecular complexity index is 1050. The molecule has 2 aromatic rings. The lowest BCUT2D eigenvalue weighted by Gasteiger charge is -2.09. The number of amides is 2. The normalized spacial score (nSPS) is 15.3. The van der Waals surface area contributed by atoms with Crippen molar-refractivity contribution >= 4 is 39.0 Å². The van der Waals surface area contributed by atoms with Gasteiger partial charge in [-0.15, -0.1) is 0 Å². The standard InChI is InChI=1S/C20H20N2O6S2/c1-27-15-7-9-17(10-8-15)30(25,26)21-11-2-12-28-16-5-3-14(4-6-16)13-18-19(23)22-20(24)29-18/h3-10,13,21H,2,11-12H2,1H3,(H,22,23,24)/b18-13-. The largest absolute Gasteiger partial charge is 0.497 e. The SMILES string of the molecule is COc1ccc(S(=O)(=O)NCCCOc2ccc(/C=C3\SC(=O)NC3=O)cc2)cc1. The van der Waals surface area contributed by atoms with Crippen LogP contribution in [-0.2, 0) is 14.8 Å². The molecule has 10 heteroatoms. The Labute approximate surface area is 178 Å². The Morgan fingerprint density at radius 2 is 1.70 bits per heavy atom. The van der Waals surface area contributed by atoms with Gasteiger partial charge < -0.3 is 9.47 Å². The fourth-order valence-corrected chi connectivity index (χ4v) is 4.30. The van der Waals surface area contributed by atoms with Crippen molar-refractivity contribution in [3.63, 3.8) is 0 Å². The zero-order valence-electron chi connectivity index (χ0n) is 16.1. The van der Waals surface area contributed by atoms with Crippen LogP contribution < -0.4 is 19.5 Å². The fourth-order valence-electron chi connectivity index (χ4n) is 2.54. The van der Waals surface area contributed by atoms with Gasteiger partial charge in [0.1, 0.15) is 11.5 Å².